The first-order valence-corrected chi connectivity index (χ1v) is 6.54. The molecule has 1 aliphatic carbocycles. The van der Waals surface area contributed by atoms with Crippen LogP contribution in [0.1, 0.15) is 40.0 Å². The van der Waals surface area contributed by atoms with Gasteiger partial charge in [-0.3, -0.25) is 5.32 Å². The van der Waals surface area contributed by atoms with Crippen molar-refractivity contribution in [2.45, 2.75) is 50.9 Å². The monoisotopic (exact) mass is 199 g/mol. The van der Waals surface area contributed by atoms with Crippen molar-refractivity contribution in [1.82, 2.24) is 5.32 Å². The van der Waals surface area contributed by atoms with Crippen LogP contribution in [0.2, 0.25) is 0 Å². The minimum absolute atomic E-state index is 0.442. The van der Waals surface area contributed by atoms with Gasteiger partial charge in [0.1, 0.15) is 0 Å². The highest BCUT2D eigenvalue weighted by molar-refractivity contribution is 8.00. The molecule has 13 heavy (non-hydrogen) atoms. The molecule has 4 unspecified atom stereocenters. The van der Waals surface area contributed by atoms with Crippen LogP contribution in [0, 0.1) is 11.8 Å². The lowest BCUT2D eigenvalue weighted by atomic mass is 9.77. The Morgan fingerprint density at radius 3 is 2.69 bits per heavy atom. The van der Waals surface area contributed by atoms with E-state index in [2.05, 4.69) is 37.8 Å². The molecule has 2 heteroatoms. The van der Waals surface area contributed by atoms with Crippen molar-refractivity contribution < 1.29 is 0 Å². The standard InChI is InChI=1S/C11H21NS/c1-8-5-4-6-11(10(8)3)12-9(2)7-13-11/h8-10,12H,4-7H2,1-3H3. The molecule has 2 fully saturated rings. The maximum absolute atomic E-state index is 3.81. The summed E-state index contributed by atoms with van der Waals surface area (Å²) in [5, 5.41) is 3.81. The van der Waals surface area contributed by atoms with Crippen LogP contribution < -0.4 is 5.32 Å². The first-order valence-electron chi connectivity index (χ1n) is 5.56. The van der Waals surface area contributed by atoms with Crippen LogP contribution in [0.25, 0.3) is 0 Å². The van der Waals surface area contributed by atoms with E-state index >= 15 is 0 Å². The van der Waals surface area contributed by atoms with Crippen LogP contribution in [0.15, 0.2) is 0 Å². The number of hydrogen-bond acceptors (Lipinski definition) is 2. The largest absolute Gasteiger partial charge is 0.299 e. The van der Waals surface area contributed by atoms with Crippen LogP contribution in [0.5, 0.6) is 0 Å². The molecule has 2 aliphatic rings. The molecule has 0 aromatic heterocycles. The molecule has 0 radical (unpaired) electrons. The molecule has 0 amide bonds. The average Bonchev–Trinajstić information content (AvgIpc) is 2.45. The van der Waals surface area contributed by atoms with Crippen LogP contribution in [0.4, 0.5) is 0 Å². The zero-order chi connectivity index (χ0) is 9.47. The van der Waals surface area contributed by atoms with Gasteiger partial charge in [-0.15, -0.1) is 11.8 Å². The van der Waals surface area contributed by atoms with E-state index in [0.29, 0.717) is 4.87 Å². The maximum atomic E-state index is 3.81. The third-order valence-corrected chi connectivity index (χ3v) is 5.75. The van der Waals surface area contributed by atoms with Crippen molar-refractivity contribution >= 4 is 11.8 Å². The van der Waals surface area contributed by atoms with Gasteiger partial charge in [0.15, 0.2) is 0 Å². The van der Waals surface area contributed by atoms with Gasteiger partial charge in [0.05, 0.1) is 4.87 Å². The Balaban J connectivity index is 2.12. The van der Waals surface area contributed by atoms with Crippen LogP contribution in [-0.2, 0) is 0 Å². The molecule has 4 atom stereocenters. The summed E-state index contributed by atoms with van der Waals surface area (Å²) in [7, 11) is 0. The number of nitrogens with one attached hydrogen (secondary N) is 1. The summed E-state index contributed by atoms with van der Waals surface area (Å²) in [6.45, 7) is 7.16. The van der Waals surface area contributed by atoms with Gasteiger partial charge in [0, 0.05) is 11.8 Å². The highest BCUT2D eigenvalue weighted by Gasteiger charge is 2.45. The third kappa shape index (κ3) is 1.63. The predicted molar refractivity (Wildman–Crippen MR) is 60.0 cm³/mol. The van der Waals surface area contributed by atoms with Crippen molar-refractivity contribution in [3.05, 3.63) is 0 Å². The molecule has 1 N–H and O–H groups in total. The van der Waals surface area contributed by atoms with Crippen molar-refractivity contribution in [3.8, 4) is 0 Å². The van der Waals surface area contributed by atoms with E-state index in [1.165, 1.54) is 25.0 Å². The summed E-state index contributed by atoms with van der Waals surface area (Å²) in [5.74, 6) is 3.05. The quantitative estimate of drug-likeness (QED) is 0.644. The van der Waals surface area contributed by atoms with Crippen molar-refractivity contribution in [1.29, 1.82) is 0 Å². The second kappa shape index (κ2) is 3.47. The lowest BCUT2D eigenvalue weighted by Crippen LogP contribution is -2.50. The Morgan fingerprint density at radius 2 is 2.08 bits per heavy atom. The van der Waals surface area contributed by atoms with Crippen molar-refractivity contribution in [2.75, 3.05) is 5.75 Å². The molecule has 1 saturated heterocycles. The van der Waals surface area contributed by atoms with Gasteiger partial charge >= 0.3 is 0 Å². The highest BCUT2D eigenvalue weighted by Crippen LogP contribution is 2.47. The van der Waals surface area contributed by atoms with Gasteiger partial charge in [0.2, 0.25) is 0 Å². The Kier molecular flexibility index (Phi) is 2.63. The zero-order valence-electron chi connectivity index (χ0n) is 8.97. The first kappa shape index (κ1) is 9.85. The Hall–Kier alpha value is 0.310. The third-order valence-electron chi connectivity index (χ3n) is 3.88. The van der Waals surface area contributed by atoms with Crippen LogP contribution in [-0.4, -0.2) is 16.7 Å². The van der Waals surface area contributed by atoms with Crippen LogP contribution >= 0.6 is 11.8 Å². The van der Waals surface area contributed by atoms with E-state index in [1.54, 1.807) is 0 Å². The van der Waals surface area contributed by atoms with Gasteiger partial charge in [-0.2, -0.15) is 0 Å². The van der Waals surface area contributed by atoms with Gasteiger partial charge < -0.3 is 0 Å². The van der Waals surface area contributed by atoms with E-state index < -0.39 is 0 Å². The highest BCUT2D eigenvalue weighted by atomic mass is 32.2. The fourth-order valence-corrected chi connectivity index (χ4v) is 4.50. The molecule has 0 bridgehead atoms. The molecule has 0 aromatic carbocycles. The average molecular weight is 199 g/mol. The van der Waals surface area contributed by atoms with Gasteiger partial charge in [0.25, 0.3) is 0 Å². The van der Waals surface area contributed by atoms with Crippen LogP contribution in [0.3, 0.4) is 0 Å². The molecule has 0 aromatic rings. The Morgan fingerprint density at radius 1 is 1.31 bits per heavy atom. The molecular weight excluding hydrogens is 178 g/mol. The number of rotatable bonds is 0. The summed E-state index contributed by atoms with van der Waals surface area (Å²) < 4.78 is 0. The molecule has 76 valence electrons. The van der Waals surface area contributed by atoms with E-state index in [4.69, 9.17) is 0 Å². The second-order valence-corrected chi connectivity index (χ2v) is 6.25. The minimum Gasteiger partial charge on any atom is -0.299 e. The Labute approximate surface area is 86.0 Å². The summed E-state index contributed by atoms with van der Waals surface area (Å²) in [4.78, 5) is 0.442. The van der Waals surface area contributed by atoms with E-state index in [-0.39, 0.29) is 0 Å². The smallest absolute Gasteiger partial charge is 0.0676 e. The topological polar surface area (TPSA) is 12.0 Å². The first-order chi connectivity index (χ1) is 6.14. The molecule has 1 heterocycles. The molecule has 1 spiro atoms. The number of thioether (sulfide) groups is 1. The summed E-state index contributed by atoms with van der Waals surface area (Å²) in [5.41, 5.74) is 0. The molecule has 1 aliphatic heterocycles. The van der Waals surface area contributed by atoms with Crippen molar-refractivity contribution in [2.24, 2.45) is 11.8 Å². The fraction of sp³-hybridized carbons (Fsp3) is 1.00. The SMILES string of the molecule is CC1CSC2(CCCC(C)C2C)N1. The fourth-order valence-electron chi connectivity index (χ4n) is 2.81. The summed E-state index contributed by atoms with van der Waals surface area (Å²) in [6.07, 6.45) is 4.23. The molecular formula is C11H21NS. The van der Waals surface area contributed by atoms with E-state index in [1.807, 2.05) is 0 Å². The predicted octanol–water partition coefficient (Wildman–Crippen LogP) is 2.86. The molecule has 1 saturated carbocycles. The van der Waals surface area contributed by atoms with Crippen molar-refractivity contribution in [3.63, 3.8) is 0 Å². The van der Waals surface area contributed by atoms with E-state index in [9.17, 15) is 0 Å². The lowest BCUT2D eigenvalue weighted by Gasteiger charge is -2.43. The minimum atomic E-state index is 0.442. The molecule has 2 rings (SSSR count). The van der Waals surface area contributed by atoms with E-state index in [0.717, 1.165) is 17.9 Å². The number of hydrogen-bond donors (Lipinski definition) is 1. The maximum Gasteiger partial charge on any atom is 0.0676 e. The summed E-state index contributed by atoms with van der Waals surface area (Å²) in [6, 6.07) is 0.720. The van der Waals surface area contributed by atoms with Gasteiger partial charge in [-0.05, 0) is 25.2 Å². The summed E-state index contributed by atoms with van der Waals surface area (Å²) >= 11 is 2.17. The Bertz CT molecular complexity index is 191. The van der Waals surface area contributed by atoms with Gasteiger partial charge in [-0.1, -0.05) is 26.7 Å². The normalized spacial score (nSPS) is 51.5. The lowest BCUT2D eigenvalue weighted by molar-refractivity contribution is 0.181. The second-order valence-electron chi connectivity index (χ2n) is 4.90. The molecule has 1 nitrogen and oxygen atoms in total. The zero-order valence-corrected chi connectivity index (χ0v) is 9.79. The van der Waals surface area contributed by atoms with Gasteiger partial charge in [-0.25, -0.2) is 0 Å².